The lowest BCUT2D eigenvalue weighted by Crippen LogP contribution is -2.66. The fraction of sp³-hybridized carbons (Fsp3) is 0.579. The average molecular weight is 365 g/mol. The molecule has 144 valence electrons. The molecule has 1 aromatic rings. The third-order valence-electron chi connectivity index (χ3n) is 5.12. The molecule has 1 amide bonds. The van der Waals surface area contributed by atoms with Crippen LogP contribution in [0.25, 0.3) is 0 Å². The summed E-state index contributed by atoms with van der Waals surface area (Å²) in [5, 5.41) is 21.6. The van der Waals surface area contributed by atoms with Crippen molar-refractivity contribution >= 4 is 11.9 Å². The Bertz CT molecular complexity index is 658. The maximum absolute atomic E-state index is 12.8. The minimum Gasteiger partial charge on any atom is -0.497 e. The van der Waals surface area contributed by atoms with E-state index in [1.807, 2.05) is 0 Å². The SMILES string of the molecule is COC(=O)[C@@]1([C@@H](O)C(C)C)[C@@H](O)[C@@H](C)C(=O)N1Cc1ccc(OC)cc1. The number of ether oxygens (including phenoxy) is 2. The van der Waals surface area contributed by atoms with Crippen LogP contribution < -0.4 is 4.74 Å². The number of aliphatic hydroxyl groups is 2. The van der Waals surface area contributed by atoms with E-state index in [9.17, 15) is 19.8 Å². The van der Waals surface area contributed by atoms with Gasteiger partial charge in [0.2, 0.25) is 5.91 Å². The van der Waals surface area contributed by atoms with Crippen LogP contribution in [0.4, 0.5) is 0 Å². The molecule has 0 bridgehead atoms. The van der Waals surface area contributed by atoms with Crippen molar-refractivity contribution < 1.29 is 29.3 Å². The van der Waals surface area contributed by atoms with Crippen molar-refractivity contribution in [1.82, 2.24) is 4.90 Å². The Labute approximate surface area is 153 Å². The van der Waals surface area contributed by atoms with E-state index in [1.165, 1.54) is 12.0 Å². The molecule has 0 unspecified atom stereocenters. The third kappa shape index (κ3) is 3.05. The molecular weight excluding hydrogens is 338 g/mol. The van der Waals surface area contributed by atoms with Gasteiger partial charge in [0.1, 0.15) is 11.9 Å². The van der Waals surface area contributed by atoms with Crippen molar-refractivity contribution in [2.45, 2.75) is 45.1 Å². The minimum absolute atomic E-state index is 0.0586. The van der Waals surface area contributed by atoms with Crippen molar-refractivity contribution in [2.75, 3.05) is 14.2 Å². The number of hydrogen-bond acceptors (Lipinski definition) is 6. The quantitative estimate of drug-likeness (QED) is 0.729. The first-order valence-electron chi connectivity index (χ1n) is 8.60. The number of rotatable bonds is 6. The zero-order valence-corrected chi connectivity index (χ0v) is 15.8. The molecular formula is C19H27NO6. The molecule has 7 nitrogen and oxygen atoms in total. The minimum atomic E-state index is -1.85. The van der Waals surface area contributed by atoms with Gasteiger partial charge in [0.05, 0.1) is 26.2 Å². The Kier molecular flexibility index (Phi) is 5.93. The predicted octanol–water partition coefficient (Wildman–Crippen LogP) is 0.963. The van der Waals surface area contributed by atoms with E-state index in [0.29, 0.717) is 5.75 Å². The first-order valence-corrected chi connectivity index (χ1v) is 8.60. The number of nitrogens with zero attached hydrogens (tertiary/aromatic N) is 1. The number of esters is 1. The highest BCUT2D eigenvalue weighted by molar-refractivity contribution is 5.95. The van der Waals surface area contributed by atoms with Crippen molar-refractivity contribution in [3.8, 4) is 5.75 Å². The Morgan fingerprint density at radius 1 is 1.27 bits per heavy atom. The van der Waals surface area contributed by atoms with E-state index in [-0.39, 0.29) is 12.5 Å². The molecule has 26 heavy (non-hydrogen) atoms. The highest BCUT2D eigenvalue weighted by atomic mass is 16.5. The average Bonchev–Trinajstić information content (AvgIpc) is 2.83. The summed E-state index contributed by atoms with van der Waals surface area (Å²) in [5.74, 6) is -1.77. The number of carbonyl (C=O) groups is 2. The molecule has 4 atom stereocenters. The molecule has 2 N–H and O–H groups in total. The smallest absolute Gasteiger partial charge is 0.337 e. The molecule has 0 aromatic heterocycles. The molecule has 0 radical (unpaired) electrons. The summed E-state index contributed by atoms with van der Waals surface area (Å²) in [6.45, 7) is 5.05. The van der Waals surface area contributed by atoms with Crippen LogP contribution in [0.3, 0.4) is 0 Å². The molecule has 1 aliphatic rings. The first-order chi connectivity index (χ1) is 12.2. The van der Waals surface area contributed by atoms with E-state index in [0.717, 1.165) is 5.56 Å². The fourth-order valence-corrected chi connectivity index (χ4v) is 3.58. The van der Waals surface area contributed by atoms with Crippen LogP contribution in [0.5, 0.6) is 5.75 Å². The largest absolute Gasteiger partial charge is 0.497 e. The standard InChI is InChI=1S/C19H27NO6/c1-11(2)15(21)19(18(24)26-5)16(22)12(3)17(23)20(19)10-13-6-8-14(25-4)9-7-13/h6-9,11-12,15-16,21-22H,10H2,1-5H3/t12-,15+,16+,19-/m1/s1. The lowest BCUT2D eigenvalue weighted by atomic mass is 9.79. The summed E-state index contributed by atoms with van der Waals surface area (Å²) in [6, 6.07) is 7.03. The second kappa shape index (κ2) is 7.63. The van der Waals surface area contributed by atoms with Gasteiger partial charge in [-0.3, -0.25) is 4.79 Å². The lowest BCUT2D eigenvalue weighted by molar-refractivity contribution is -0.177. The highest BCUT2D eigenvalue weighted by Crippen LogP contribution is 2.41. The van der Waals surface area contributed by atoms with Crippen molar-refractivity contribution in [3.63, 3.8) is 0 Å². The molecule has 0 aliphatic carbocycles. The maximum Gasteiger partial charge on any atom is 0.337 e. The van der Waals surface area contributed by atoms with Gasteiger partial charge < -0.3 is 24.6 Å². The van der Waals surface area contributed by atoms with Gasteiger partial charge in [-0.2, -0.15) is 0 Å². The van der Waals surface area contributed by atoms with Gasteiger partial charge in [-0.25, -0.2) is 4.79 Å². The second-order valence-corrected chi connectivity index (χ2v) is 7.01. The molecule has 1 heterocycles. The van der Waals surface area contributed by atoms with E-state index in [4.69, 9.17) is 9.47 Å². The van der Waals surface area contributed by atoms with Gasteiger partial charge >= 0.3 is 5.97 Å². The molecule has 7 heteroatoms. The van der Waals surface area contributed by atoms with Crippen molar-refractivity contribution in [1.29, 1.82) is 0 Å². The van der Waals surface area contributed by atoms with Gasteiger partial charge in [0, 0.05) is 6.54 Å². The summed E-state index contributed by atoms with van der Waals surface area (Å²) in [6.07, 6.45) is -2.66. The number of methoxy groups -OCH3 is 2. The zero-order valence-electron chi connectivity index (χ0n) is 15.8. The fourth-order valence-electron chi connectivity index (χ4n) is 3.58. The summed E-state index contributed by atoms with van der Waals surface area (Å²) >= 11 is 0. The van der Waals surface area contributed by atoms with Crippen molar-refractivity contribution in [3.05, 3.63) is 29.8 Å². The molecule has 2 rings (SSSR count). The number of benzene rings is 1. The number of carbonyl (C=O) groups excluding carboxylic acids is 2. The molecule has 0 saturated carbocycles. The highest BCUT2D eigenvalue weighted by Gasteiger charge is 2.66. The van der Waals surface area contributed by atoms with Gasteiger partial charge in [0.25, 0.3) is 0 Å². The van der Waals surface area contributed by atoms with E-state index < -0.39 is 35.5 Å². The van der Waals surface area contributed by atoms with Crippen LogP contribution in [0.2, 0.25) is 0 Å². The molecule has 1 aliphatic heterocycles. The number of likely N-dealkylation sites (tertiary alicyclic amines) is 1. The van der Waals surface area contributed by atoms with Crippen LogP contribution in [0, 0.1) is 11.8 Å². The number of hydrogen-bond donors (Lipinski definition) is 2. The van der Waals surface area contributed by atoms with Crippen LogP contribution in [0.15, 0.2) is 24.3 Å². The Morgan fingerprint density at radius 2 is 1.85 bits per heavy atom. The van der Waals surface area contributed by atoms with E-state index >= 15 is 0 Å². The van der Waals surface area contributed by atoms with Crippen LogP contribution >= 0.6 is 0 Å². The number of aliphatic hydroxyl groups excluding tert-OH is 2. The molecule has 0 spiro atoms. The summed E-state index contributed by atoms with van der Waals surface area (Å²) in [4.78, 5) is 26.8. The van der Waals surface area contributed by atoms with E-state index in [1.54, 1.807) is 52.1 Å². The molecule has 1 fully saturated rings. The molecule has 1 saturated heterocycles. The van der Waals surface area contributed by atoms with Crippen molar-refractivity contribution in [2.24, 2.45) is 11.8 Å². The first kappa shape index (κ1) is 20.2. The normalized spacial score (nSPS) is 26.9. The number of amides is 1. The Hall–Kier alpha value is -2.12. The summed E-state index contributed by atoms with van der Waals surface area (Å²) < 4.78 is 10.0. The Balaban J connectivity index is 2.52. The van der Waals surface area contributed by atoms with Crippen LogP contribution in [-0.2, 0) is 20.9 Å². The van der Waals surface area contributed by atoms with Gasteiger partial charge in [-0.05, 0) is 23.6 Å². The predicted molar refractivity (Wildman–Crippen MR) is 94.3 cm³/mol. The van der Waals surface area contributed by atoms with Crippen LogP contribution in [0.1, 0.15) is 26.3 Å². The monoisotopic (exact) mass is 365 g/mol. The Morgan fingerprint density at radius 3 is 2.31 bits per heavy atom. The van der Waals surface area contributed by atoms with Crippen LogP contribution in [-0.4, -0.2) is 59.0 Å². The summed E-state index contributed by atoms with van der Waals surface area (Å²) in [5.41, 5.74) is -1.11. The van der Waals surface area contributed by atoms with E-state index in [2.05, 4.69) is 0 Å². The van der Waals surface area contributed by atoms with Gasteiger partial charge in [-0.1, -0.05) is 32.9 Å². The summed E-state index contributed by atoms with van der Waals surface area (Å²) in [7, 11) is 2.74. The van der Waals surface area contributed by atoms with Gasteiger partial charge in [-0.15, -0.1) is 0 Å². The lowest BCUT2D eigenvalue weighted by Gasteiger charge is -2.42. The maximum atomic E-state index is 12.8. The van der Waals surface area contributed by atoms with Gasteiger partial charge in [0.15, 0.2) is 5.54 Å². The second-order valence-electron chi connectivity index (χ2n) is 7.01. The topological polar surface area (TPSA) is 96.3 Å². The third-order valence-corrected chi connectivity index (χ3v) is 5.12. The molecule has 1 aromatic carbocycles. The zero-order chi connectivity index (χ0) is 19.6.